The molecule has 0 saturated heterocycles. The van der Waals surface area contributed by atoms with E-state index in [2.05, 4.69) is 4.98 Å². The van der Waals surface area contributed by atoms with Gasteiger partial charge in [0.1, 0.15) is 11.6 Å². The second kappa shape index (κ2) is 5.44. The monoisotopic (exact) mass is 267 g/mol. The molecule has 1 aromatic heterocycles. The van der Waals surface area contributed by atoms with Crippen molar-refractivity contribution in [3.63, 3.8) is 0 Å². The van der Waals surface area contributed by atoms with Gasteiger partial charge in [-0.1, -0.05) is 6.07 Å². The molecule has 0 radical (unpaired) electrons. The number of hydrogen-bond donors (Lipinski definition) is 0. The maximum absolute atomic E-state index is 13.1. The van der Waals surface area contributed by atoms with Crippen LogP contribution in [-0.4, -0.2) is 4.98 Å². The SMILES string of the molecule is Cc1cccnc1CC(Cl)c1cc(F)cc(F)c1. The fourth-order valence-corrected chi connectivity index (χ4v) is 2.05. The summed E-state index contributed by atoms with van der Waals surface area (Å²) in [6.45, 7) is 1.93. The van der Waals surface area contributed by atoms with Gasteiger partial charge in [-0.05, 0) is 36.2 Å². The van der Waals surface area contributed by atoms with Gasteiger partial charge in [-0.3, -0.25) is 4.98 Å². The van der Waals surface area contributed by atoms with Crippen molar-refractivity contribution in [3.05, 3.63) is 65.0 Å². The van der Waals surface area contributed by atoms with Gasteiger partial charge in [0.2, 0.25) is 0 Å². The summed E-state index contributed by atoms with van der Waals surface area (Å²) in [4.78, 5) is 4.22. The third-order valence-corrected chi connectivity index (χ3v) is 3.14. The van der Waals surface area contributed by atoms with E-state index in [9.17, 15) is 8.78 Å². The molecule has 4 heteroatoms. The van der Waals surface area contributed by atoms with E-state index in [1.54, 1.807) is 6.20 Å². The van der Waals surface area contributed by atoms with Crippen molar-refractivity contribution in [3.8, 4) is 0 Å². The molecule has 0 saturated carbocycles. The number of aryl methyl sites for hydroxylation is 1. The molecule has 18 heavy (non-hydrogen) atoms. The minimum atomic E-state index is -0.617. The van der Waals surface area contributed by atoms with Crippen molar-refractivity contribution < 1.29 is 8.78 Å². The Balaban J connectivity index is 2.22. The summed E-state index contributed by atoms with van der Waals surface area (Å²) in [5.74, 6) is -1.23. The van der Waals surface area contributed by atoms with Crippen LogP contribution in [0.2, 0.25) is 0 Å². The standard InChI is InChI=1S/C14H12ClF2N/c1-9-3-2-4-18-14(9)8-13(15)10-5-11(16)7-12(17)6-10/h2-7,13H,8H2,1H3. The molecular weight excluding hydrogens is 256 g/mol. The van der Waals surface area contributed by atoms with E-state index in [1.807, 2.05) is 19.1 Å². The quantitative estimate of drug-likeness (QED) is 0.760. The highest BCUT2D eigenvalue weighted by atomic mass is 35.5. The van der Waals surface area contributed by atoms with Crippen LogP contribution in [0.5, 0.6) is 0 Å². The highest BCUT2D eigenvalue weighted by molar-refractivity contribution is 6.20. The van der Waals surface area contributed by atoms with Gasteiger partial charge in [0.15, 0.2) is 0 Å². The molecule has 0 aliphatic heterocycles. The first-order valence-corrected chi connectivity index (χ1v) is 6.00. The third kappa shape index (κ3) is 3.05. The van der Waals surface area contributed by atoms with Gasteiger partial charge in [-0.2, -0.15) is 0 Å². The predicted octanol–water partition coefficient (Wildman–Crippen LogP) is 4.19. The van der Waals surface area contributed by atoms with E-state index in [4.69, 9.17) is 11.6 Å². The molecule has 0 amide bonds. The van der Waals surface area contributed by atoms with Gasteiger partial charge in [0.25, 0.3) is 0 Å². The summed E-state index contributed by atoms with van der Waals surface area (Å²) in [5, 5.41) is -0.496. The van der Waals surface area contributed by atoms with Gasteiger partial charge < -0.3 is 0 Å². The Kier molecular flexibility index (Phi) is 3.92. The first kappa shape index (κ1) is 13.0. The summed E-state index contributed by atoms with van der Waals surface area (Å²) in [5.41, 5.74) is 2.28. The second-order valence-electron chi connectivity index (χ2n) is 4.14. The van der Waals surface area contributed by atoms with Crippen molar-refractivity contribution in [1.29, 1.82) is 0 Å². The molecule has 1 unspecified atom stereocenters. The molecule has 94 valence electrons. The fourth-order valence-electron chi connectivity index (χ4n) is 1.78. The molecule has 0 spiro atoms. The van der Waals surface area contributed by atoms with E-state index < -0.39 is 17.0 Å². The molecular formula is C14H12ClF2N. The number of hydrogen-bond acceptors (Lipinski definition) is 1. The molecule has 0 aliphatic carbocycles. The zero-order valence-electron chi connectivity index (χ0n) is 9.83. The lowest BCUT2D eigenvalue weighted by atomic mass is 10.0. The molecule has 1 atom stereocenters. The largest absolute Gasteiger partial charge is 0.261 e. The van der Waals surface area contributed by atoms with E-state index in [0.717, 1.165) is 17.3 Å². The van der Waals surface area contributed by atoms with E-state index in [-0.39, 0.29) is 0 Å². The highest BCUT2D eigenvalue weighted by Crippen LogP contribution is 2.26. The Hall–Kier alpha value is -1.48. The van der Waals surface area contributed by atoms with Crippen LogP contribution in [-0.2, 0) is 6.42 Å². The number of halogens is 3. The summed E-state index contributed by atoms with van der Waals surface area (Å²) in [6, 6.07) is 7.10. The Morgan fingerprint density at radius 1 is 1.22 bits per heavy atom. The van der Waals surface area contributed by atoms with Crippen molar-refractivity contribution in [2.24, 2.45) is 0 Å². The normalized spacial score (nSPS) is 12.4. The van der Waals surface area contributed by atoms with Crippen molar-refractivity contribution >= 4 is 11.6 Å². The third-order valence-electron chi connectivity index (χ3n) is 2.74. The summed E-state index contributed by atoms with van der Waals surface area (Å²) in [7, 11) is 0. The van der Waals surface area contributed by atoms with Crippen LogP contribution in [0.3, 0.4) is 0 Å². The number of pyridine rings is 1. The molecule has 0 bridgehead atoms. The summed E-state index contributed by atoms with van der Waals surface area (Å²) < 4.78 is 26.2. The summed E-state index contributed by atoms with van der Waals surface area (Å²) >= 11 is 6.18. The van der Waals surface area contributed by atoms with Crippen molar-refractivity contribution in [1.82, 2.24) is 4.98 Å². The molecule has 0 aliphatic rings. The predicted molar refractivity (Wildman–Crippen MR) is 67.6 cm³/mol. The average Bonchev–Trinajstić information content (AvgIpc) is 2.31. The van der Waals surface area contributed by atoms with E-state index in [0.29, 0.717) is 12.0 Å². The number of aromatic nitrogens is 1. The number of benzene rings is 1. The van der Waals surface area contributed by atoms with Crippen LogP contribution >= 0.6 is 11.6 Å². The van der Waals surface area contributed by atoms with Crippen molar-refractivity contribution in [2.75, 3.05) is 0 Å². The fraction of sp³-hybridized carbons (Fsp3) is 0.214. The van der Waals surface area contributed by atoms with Crippen LogP contribution in [0.15, 0.2) is 36.5 Å². The number of alkyl halides is 1. The molecule has 0 fully saturated rings. The highest BCUT2D eigenvalue weighted by Gasteiger charge is 2.13. The van der Waals surface area contributed by atoms with Gasteiger partial charge >= 0.3 is 0 Å². The Morgan fingerprint density at radius 2 is 1.89 bits per heavy atom. The molecule has 2 rings (SSSR count). The lowest BCUT2D eigenvalue weighted by molar-refractivity contribution is 0.578. The van der Waals surface area contributed by atoms with Gasteiger partial charge in [0.05, 0.1) is 5.38 Å². The maximum atomic E-state index is 13.1. The topological polar surface area (TPSA) is 12.9 Å². The zero-order chi connectivity index (χ0) is 13.1. The minimum absolute atomic E-state index is 0.430. The molecule has 1 nitrogen and oxygen atoms in total. The van der Waals surface area contributed by atoms with Crippen LogP contribution in [0.4, 0.5) is 8.78 Å². The lowest BCUT2D eigenvalue weighted by Gasteiger charge is -2.11. The smallest absolute Gasteiger partial charge is 0.126 e. The van der Waals surface area contributed by atoms with Crippen LogP contribution in [0, 0.1) is 18.6 Å². The number of nitrogens with zero attached hydrogens (tertiary/aromatic N) is 1. The number of rotatable bonds is 3. The molecule has 2 aromatic rings. The van der Waals surface area contributed by atoms with Crippen LogP contribution < -0.4 is 0 Å². The second-order valence-corrected chi connectivity index (χ2v) is 4.67. The first-order valence-electron chi connectivity index (χ1n) is 5.57. The lowest BCUT2D eigenvalue weighted by Crippen LogP contribution is -2.01. The van der Waals surface area contributed by atoms with Crippen LogP contribution in [0.25, 0.3) is 0 Å². The maximum Gasteiger partial charge on any atom is 0.126 e. The molecule has 1 aromatic carbocycles. The minimum Gasteiger partial charge on any atom is -0.261 e. The first-order chi connectivity index (χ1) is 8.56. The summed E-state index contributed by atoms with van der Waals surface area (Å²) in [6.07, 6.45) is 2.12. The van der Waals surface area contributed by atoms with Gasteiger partial charge in [-0.25, -0.2) is 8.78 Å². The van der Waals surface area contributed by atoms with Gasteiger partial charge in [-0.15, -0.1) is 11.6 Å². The Bertz CT molecular complexity index is 537. The molecule has 1 heterocycles. The zero-order valence-corrected chi connectivity index (χ0v) is 10.6. The Labute approximate surface area is 109 Å². The van der Waals surface area contributed by atoms with Gasteiger partial charge in [0, 0.05) is 24.4 Å². The van der Waals surface area contributed by atoms with Crippen LogP contribution in [0.1, 0.15) is 22.2 Å². The van der Waals surface area contributed by atoms with Crippen molar-refractivity contribution in [2.45, 2.75) is 18.7 Å². The molecule has 0 N–H and O–H groups in total. The van der Waals surface area contributed by atoms with E-state index in [1.165, 1.54) is 12.1 Å². The average molecular weight is 268 g/mol. The van der Waals surface area contributed by atoms with E-state index >= 15 is 0 Å². The Morgan fingerprint density at radius 3 is 2.50 bits per heavy atom.